The fraction of sp³-hybridized carbons (Fsp3) is 0.0952. The zero-order valence-corrected chi connectivity index (χ0v) is 18.5. The van der Waals surface area contributed by atoms with Crippen LogP contribution in [0.1, 0.15) is 5.56 Å². The quantitative estimate of drug-likeness (QED) is 0.480. The smallest absolute Gasteiger partial charge is 0.262 e. The van der Waals surface area contributed by atoms with Crippen LogP contribution in [0.5, 0.6) is 5.75 Å². The summed E-state index contributed by atoms with van der Waals surface area (Å²) in [5.41, 5.74) is 1.22. The van der Waals surface area contributed by atoms with Gasteiger partial charge in [0.2, 0.25) is 0 Å². The fourth-order valence-corrected chi connectivity index (χ4v) is 4.05. The van der Waals surface area contributed by atoms with Crippen molar-refractivity contribution in [2.75, 3.05) is 16.6 Å². The number of ether oxygens (including phenoxy) is 1. The van der Waals surface area contributed by atoms with Gasteiger partial charge >= 0.3 is 0 Å². The normalized spacial score (nSPS) is 11.1. The number of carbonyl (C=O) groups is 1. The molecule has 0 fully saturated rings. The number of anilines is 2. The van der Waals surface area contributed by atoms with Crippen molar-refractivity contribution in [3.63, 3.8) is 0 Å². The SMILES string of the molecule is Cc1cc(S(=O)(=O)Nc2ccc(Cl)cc2)ccc1OCC(=O)Nc1ccc(F)c(Cl)c1. The first-order valence-electron chi connectivity index (χ1n) is 8.91. The third-order valence-corrected chi connectivity index (χ3v) is 6.04. The topological polar surface area (TPSA) is 84.5 Å². The summed E-state index contributed by atoms with van der Waals surface area (Å²) in [5, 5.41) is 2.92. The minimum absolute atomic E-state index is 0.0395. The molecule has 3 rings (SSSR count). The van der Waals surface area contributed by atoms with E-state index in [9.17, 15) is 17.6 Å². The third kappa shape index (κ3) is 6.10. The van der Waals surface area contributed by atoms with E-state index in [1.54, 1.807) is 31.2 Å². The van der Waals surface area contributed by atoms with Gasteiger partial charge in [0.25, 0.3) is 15.9 Å². The van der Waals surface area contributed by atoms with Gasteiger partial charge in [0.1, 0.15) is 11.6 Å². The van der Waals surface area contributed by atoms with Crippen LogP contribution in [0.4, 0.5) is 15.8 Å². The van der Waals surface area contributed by atoms with Gasteiger partial charge in [0.15, 0.2) is 6.61 Å². The molecule has 162 valence electrons. The van der Waals surface area contributed by atoms with Crippen LogP contribution in [-0.4, -0.2) is 20.9 Å². The molecule has 1 amide bonds. The van der Waals surface area contributed by atoms with Gasteiger partial charge in [-0.3, -0.25) is 9.52 Å². The summed E-state index contributed by atoms with van der Waals surface area (Å²) in [4.78, 5) is 12.1. The second kappa shape index (κ2) is 9.55. The number of aryl methyl sites for hydroxylation is 1. The highest BCUT2D eigenvalue weighted by molar-refractivity contribution is 7.92. The molecule has 10 heteroatoms. The van der Waals surface area contributed by atoms with E-state index in [2.05, 4.69) is 10.0 Å². The van der Waals surface area contributed by atoms with E-state index in [1.165, 1.54) is 30.3 Å². The average Bonchev–Trinajstić information content (AvgIpc) is 2.71. The lowest BCUT2D eigenvalue weighted by Crippen LogP contribution is -2.20. The molecule has 0 atom stereocenters. The predicted molar refractivity (Wildman–Crippen MR) is 119 cm³/mol. The van der Waals surface area contributed by atoms with Crippen LogP contribution in [-0.2, 0) is 14.8 Å². The van der Waals surface area contributed by atoms with Crippen molar-refractivity contribution in [2.45, 2.75) is 11.8 Å². The van der Waals surface area contributed by atoms with Gasteiger partial charge in [-0.2, -0.15) is 0 Å². The second-order valence-corrected chi connectivity index (χ2v) is 9.03. The van der Waals surface area contributed by atoms with Crippen molar-refractivity contribution < 1.29 is 22.3 Å². The van der Waals surface area contributed by atoms with Gasteiger partial charge in [-0.05, 0) is 73.2 Å². The number of hydrogen-bond acceptors (Lipinski definition) is 4. The van der Waals surface area contributed by atoms with E-state index in [1.807, 2.05) is 0 Å². The van der Waals surface area contributed by atoms with Crippen molar-refractivity contribution >= 4 is 50.5 Å². The summed E-state index contributed by atoms with van der Waals surface area (Å²) in [6.45, 7) is 1.33. The van der Waals surface area contributed by atoms with Gasteiger partial charge in [-0.25, -0.2) is 12.8 Å². The zero-order valence-electron chi connectivity index (χ0n) is 16.2. The van der Waals surface area contributed by atoms with E-state index in [4.69, 9.17) is 27.9 Å². The number of halogens is 3. The molecule has 0 aliphatic rings. The van der Waals surface area contributed by atoms with Crippen molar-refractivity contribution in [1.29, 1.82) is 0 Å². The molecule has 0 bridgehead atoms. The number of nitrogens with one attached hydrogen (secondary N) is 2. The van der Waals surface area contributed by atoms with Crippen LogP contribution < -0.4 is 14.8 Å². The molecule has 0 aliphatic carbocycles. The van der Waals surface area contributed by atoms with E-state index in [0.717, 1.165) is 6.07 Å². The highest BCUT2D eigenvalue weighted by atomic mass is 35.5. The number of sulfonamides is 1. The molecule has 0 saturated heterocycles. The van der Waals surface area contributed by atoms with Crippen molar-refractivity contribution in [3.8, 4) is 5.75 Å². The van der Waals surface area contributed by atoms with Crippen LogP contribution >= 0.6 is 23.2 Å². The first-order valence-corrected chi connectivity index (χ1v) is 11.1. The number of hydrogen-bond donors (Lipinski definition) is 2. The van der Waals surface area contributed by atoms with Crippen LogP contribution in [0, 0.1) is 12.7 Å². The summed E-state index contributed by atoms with van der Waals surface area (Å²) in [6.07, 6.45) is 0. The molecule has 0 spiro atoms. The van der Waals surface area contributed by atoms with Crippen molar-refractivity contribution in [3.05, 3.63) is 82.1 Å². The monoisotopic (exact) mass is 482 g/mol. The van der Waals surface area contributed by atoms with Crippen molar-refractivity contribution in [1.82, 2.24) is 0 Å². The summed E-state index contributed by atoms with van der Waals surface area (Å²) in [5.74, 6) is -0.729. The Morgan fingerprint density at radius 2 is 1.68 bits per heavy atom. The Morgan fingerprint density at radius 1 is 1.00 bits per heavy atom. The Hall–Kier alpha value is -2.81. The highest BCUT2D eigenvalue weighted by Gasteiger charge is 2.16. The Morgan fingerprint density at radius 3 is 2.32 bits per heavy atom. The maximum absolute atomic E-state index is 13.2. The minimum atomic E-state index is -3.82. The number of carbonyl (C=O) groups excluding carboxylic acids is 1. The largest absolute Gasteiger partial charge is 0.483 e. The third-order valence-electron chi connectivity index (χ3n) is 4.12. The standard InChI is InChI=1S/C21H17Cl2FN2O4S/c1-13-10-17(31(28,29)26-15-4-2-14(22)3-5-15)7-9-20(13)30-12-21(27)25-16-6-8-19(24)18(23)11-16/h2-11,26H,12H2,1H3,(H,25,27). The minimum Gasteiger partial charge on any atom is -0.483 e. The molecular formula is C21H17Cl2FN2O4S. The molecule has 0 unspecified atom stereocenters. The molecule has 0 radical (unpaired) electrons. The lowest BCUT2D eigenvalue weighted by atomic mass is 10.2. The first-order chi connectivity index (χ1) is 14.6. The predicted octanol–water partition coefficient (Wildman–Crippen LogP) is 5.26. The molecule has 3 aromatic carbocycles. The van der Waals surface area contributed by atoms with Crippen molar-refractivity contribution in [2.24, 2.45) is 0 Å². The van der Waals surface area contributed by atoms with Gasteiger partial charge in [-0.15, -0.1) is 0 Å². The Kier molecular flexibility index (Phi) is 7.04. The molecule has 6 nitrogen and oxygen atoms in total. The van der Waals surface area contributed by atoms with E-state index in [-0.39, 0.29) is 16.5 Å². The maximum Gasteiger partial charge on any atom is 0.262 e. The van der Waals surface area contributed by atoms with E-state index in [0.29, 0.717) is 27.7 Å². The average molecular weight is 483 g/mol. The van der Waals surface area contributed by atoms with Crippen LogP contribution in [0.3, 0.4) is 0 Å². The molecule has 0 aliphatic heterocycles. The Bertz CT molecular complexity index is 1220. The first kappa shape index (κ1) is 22.9. The van der Waals surface area contributed by atoms with Gasteiger partial charge in [0.05, 0.1) is 9.92 Å². The molecule has 0 heterocycles. The lowest BCUT2D eigenvalue weighted by Gasteiger charge is -2.12. The van der Waals surface area contributed by atoms with Crippen LogP contribution in [0.15, 0.2) is 65.6 Å². The van der Waals surface area contributed by atoms with Gasteiger partial charge < -0.3 is 10.1 Å². The Balaban J connectivity index is 1.64. The summed E-state index contributed by atoms with van der Waals surface area (Å²) in [6, 6.07) is 14.3. The highest BCUT2D eigenvalue weighted by Crippen LogP contribution is 2.24. The maximum atomic E-state index is 13.2. The summed E-state index contributed by atoms with van der Waals surface area (Å²) >= 11 is 11.5. The van der Waals surface area contributed by atoms with Crippen LogP contribution in [0.25, 0.3) is 0 Å². The molecule has 0 aromatic heterocycles. The number of amides is 1. The zero-order chi connectivity index (χ0) is 22.6. The lowest BCUT2D eigenvalue weighted by molar-refractivity contribution is -0.118. The molecule has 0 saturated carbocycles. The fourth-order valence-electron chi connectivity index (χ4n) is 2.60. The van der Waals surface area contributed by atoms with Crippen LogP contribution in [0.2, 0.25) is 10.0 Å². The number of benzene rings is 3. The number of rotatable bonds is 7. The Labute approximate surface area is 189 Å². The van der Waals surface area contributed by atoms with Gasteiger partial charge in [-0.1, -0.05) is 23.2 Å². The van der Waals surface area contributed by atoms with Gasteiger partial charge in [0, 0.05) is 16.4 Å². The molecule has 2 N–H and O–H groups in total. The molecular weight excluding hydrogens is 466 g/mol. The van der Waals surface area contributed by atoms with E-state index >= 15 is 0 Å². The van der Waals surface area contributed by atoms with E-state index < -0.39 is 21.7 Å². The summed E-state index contributed by atoms with van der Waals surface area (Å²) < 4.78 is 46.3. The molecule has 3 aromatic rings. The molecule has 31 heavy (non-hydrogen) atoms. The summed E-state index contributed by atoms with van der Waals surface area (Å²) in [7, 11) is -3.82. The second-order valence-electron chi connectivity index (χ2n) is 6.51.